The Labute approximate surface area is 109 Å². The van der Waals surface area contributed by atoms with Crippen LogP contribution in [-0.2, 0) is 4.79 Å². The highest BCUT2D eigenvalue weighted by Gasteiger charge is 2.33. The summed E-state index contributed by atoms with van der Waals surface area (Å²) in [4.78, 5) is 28.4. The fourth-order valence-corrected chi connectivity index (χ4v) is 2.48. The van der Waals surface area contributed by atoms with Crippen LogP contribution in [0.4, 0.5) is 0 Å². The molecule has 98 valence electrons. The normalized spacial score (nSPS) is 18.5. The van der Waals surface area contributed by atoms with Crippen molar-refractivity contribution in [3.63, 3.8) is 0 Å². The third-order valence-electron chi connectivity index (χ3n) is 3.51. The van der Waals surface area contributed by atoms with Crippen molar-refractivity contribution >= 4 is 11.6 Å². The third-order valence-corrected chi connectivity index (χ3v) is 3.51. The Morgan fingerprint density at radius 1 is 1.37 bits per heavy atom. The van der Waals surface area contributed by atoms with E-state index in [1.807, 2.05) is 13.8 Å². The van der Waals surface area contributed by atoms with Gasteiger partial charge in [0.05, 0.1) is 12.0 Å². The second-order valence-corrected chi connectivity index (χ2v) is 5.09. The summed E-state index contributed by atoms with van der Waals surface area (Å²) in [7, 11) is 0. The van der Waals surface area contributed by atoms with Gasteiger partial charge in [-0.25, -0.2) is 0 Å². The van der Waals surface area contributed by atoms with Crippen LogP contribution in [0.3, 0.4) is 0 Å². The van der Waals surface area contributed by atoms with E-state index in [0.29, 0.717) is 11.2 Å². The second-order valence-electron chi connectivity index (χ2n) is 5.09. The molecule has 2 aromatic rings. The Morgan fingerprint density at radius 2 is 2.16 bits per heavy atom. The molecule has 0 aromatic carbocycles. The molecule has 2 aromatic heterocycles. The van der Waals surface area contributed by atoms with Gasteiger partial charge in [-0.3, -0.25) is 14.0 Å². The van der Waals surface area contributed by atoms with E-state index in [1.54, 1.807) is 24.4 Å². The van der Waals surface area contributed by atoms with Crippen LogP contribution >= 0.6 is 0 Å². The first-order chi connectivity index (χ1) is 9.08. The number of pyridine rings is 1. The molecule has 1 aliphatic rings. The largest absolute Gasteiger partial charge is 0.407 e. The minimum Gasteiger partial charge on any atom is -0.407 e. The molecular weight excluding hydrogens is 244 g/mol. The van der Waals surface area contributed by atoms with Crippen molar-refractivity contribution in [2.24, 2.45) is 5.92 Å². The number of carbonyl (C=O) groups is 1. The summed E-state index contributed by atoms with van der Waals surface area (Å²) in [5, 5.41) is 0. The van der Waals surface area contributed by atoms with Gasteiger partial charge in [-0.05, 0) is 18.1 Å². The first kappa shape index (κ1) is 11.9. The highest BCUT2D eigenvalue weighted by Crippen LogP contribution is 2.35. The molecule has 0 saturated carbocycles. The van der Waals surface area contributed by atoms with Gasteiger partial charge in [0.25, 0.3) is 5.56 Å². The predicted molar refractivity (Wildman–Crippen MR) is 69.3 cm³/mol. The van der Waals surface area contributed by atoms with E-state index < -0.39 is 0 Å². The van der Waals surface area contributed by atoms with Crippen LogP contribution in [0.2, 0.25) is 0 Å². The molecule has 5 heteroatoms. The number of ether oxygens (including phenoxy) is 1. The molecule has 5 nitrogen and oxygen atoms in total. The lowest BCUT2D eigenvalue weighted by molar-refractivity contribution is -0.136. The first-order valence-electron chi connectivity index (χ1n) is 6.30. The lowest BCUT2D eigenvalue weighted by Crippen LogP contribution is -2.32. The van der Waals surface area contributed by atoms with E-state index in [1.165, 1.54) is 4.40 Å². The fourth-order valence-electron chi connectivity index (χ4n) is 2.48. The van der Waals surface area contributed by atoms with Crippen LogP contribution in [0.5, 0.6) is 5.88 Å². The van der Waals surface area contributed by atoms with Gasteiger partial charge in [0.15, 0.2) is 0 Å². The summed E-state index contributed by atoms with van der Waals surface area (Å²) in [5.74, 6) is -0.0965. The summed E-state index contributed by atoms with van der Waals surface area (Å²) in [6.07, 6.45) is 1.92. The Morgan fingerprint density at radius 3 is 2.89 bits per heavy atom. The lowest BCUT2D eigenvalue weighted by atomic mass is 9.85. The number of fused-ring (bicyclic) bond motifs is 2. The molecule has 0 fully saturated rings. The number of rotatable bonds is 1. The summed E-state index contributed by atoms with van der Waals surface area (Å²) in [6.45, 7) is 3.98. The van der Waals surface area contributed by atoms with Gasteiger partial charge in [0, 0.05) is 12.1 Å². The van der Waals surface area contributed by atoms with Gasteiger partial charge in [-0.15, -0.1) is 0 Å². The van der Waals surface area contributed by atoms with E-state index in [2.05, 4.69) is 4.98 Å². The number of carbonyl (C=O) groups excluding carboxylic acids is 1. The van der Waals surface area contributed by atoms with Crippen LogP contribution in [0, 0.1) is 5.92 Å². The molecule has 0 amide bonds. The molecule has 3 rings (SSSR count). The van der Waals surface area contributed by atoms with Gasteiger partial charge < -0.3 is 4.74 Å². The van der Waals surface area contributed by atoms with E-state index in [0.717, 1.165) is 0 Å². The SMILES string of the molecule is CC(C)C1CC(=O)Oc2nc3ccccn3c(=O)c21. The summed E-state index contributed by atoms with van der Waals surface area (Å²) < 4.78 is 6.63. The van der Waals surface area contributed by atoms with Crippen molar-refractivity contribution in [2.45, 2.75) is 26.2 Å². The molecule has 0 N–H and O–H groups in total. The average Bonchev–Trinajstić information content (AvgIpc) is 2.37. The van der Waals surface area contributed by atoms with Crippen LogP contribution in [0.15, 0.2) is 29.2 Å². The van der Waals surface area contributed by atoms with Gasteiger partial charge in [-0.2, -0.15) is 4.98 Å². The number of hydrogen-bond acceptors (Lipinski definition) is 4. The third kappa shape index (κ3) is 1.82. The molecule has 1 unspecified atom stereocenters. The molecule has 0 aliphatic carbocycles. The first-order valence-corrected chi connectivity index (χ1v) is 6.30. The molecule has 0 spiro atoms. The predicted octanol–water partition coefficient (Wildman–Crippen LogP) is 1.74. The fraction of sp³-hybridized carbons (Fsp3) is 0.357. The lowest BCUT2D eigenvalue weighted by Gasteiger charge is -2.25. The standard InChI is InChI=1S/C14H14N2O3/c1-8(2)9-7-11(17)19-13-12(9)14(18)16-6-4-3-5-10(16)15-13/h3-6,8-9H,7H2,1-2H3. The Bertz CT molecular complexity index is 718. The second kappa shape index (κ2) is 4.19. The highest BCUT2D eigenvalue weighted by molar-refractivity contribution is 5.76. The molecule has 1 atom stereocenters. The Balaban J connectivity index is 2.34. The molecular formula is C14H14N2O3. The van der Waals surface area contributed by atoms with Crippen molar-refractivity contribution in [3.8, 4) is 5.88 Å². The van der Waals surface area contributed by atoms with Crippen molar-refractivity contribution < 1.29 is 9.53 Å². The van der Waals surface area contributed by atoms with Crippen LogP contribution in [0.25, 0.3) is 5.65 Å². The monoisotopic (exact) mass is 258 g/mol. The number of aromatic nitrogens is 2. The van der Waals surface area contributed by atoms with Crippen LogP contribution in [0.1, 0.15) is 31.7 Å². The summed E-state index contributed by atoms with van der Waals surface area (Å²) in [6, 6.07) is 5.29. The molecule has 1 aliphatic heterocycles. The molecule has 0 saturated heterocycles. The number of hydrogen-bond donors (Lipinski definition) is 0. The quantitative estimate of drug-likeness (QED) is 0.731. The van der Waals surface area contributed by atoms with Crippen LogP contribution in [-0.4, -0.2) is 15.4 Å². The highest BCUT2D eigenvalue weighted by atomic mass is 16.5. The van der Waals surface area contributed by atoms with Crippen molar-refractivity contribution in [1.82, 2.24) is 9.38 Å². The minimum atomic E-state index is -0.321. The van der Waals surface area contributed by atoms with Crippen molar-refractivity contribution in [2.75, 3.05) is 0 Å². The number of esters is 1. The van der Waals surface area contributed by atoms with Crippen molar-refractivity contribution in [3.05, 3.63) is 40.3 Å². The summed E-state index contributed by atoms with van der Waals surface area (Å²) >= 11 is 0. The Hall–Kier alpha value is -2.17. The maximum atomic E-state index is 12.5. The Kier molecular flexibility index (Phi) is 2.62. The molecule has 3 heterocycles. The van der Waals surface area contributed by atoms with E-state index in [4.69, 9.17) is 4.74 Å². The topological polar surface area (TPSA) is 60.7 Å². The zero-order chi connectivity index (χ0) is 13.6. The van der Waals surface area contributed by atoms with Crippen molar-refractivity contribution in [1.29, 1.82) is 0 Å². The van der Waals surface area contributed by atoms with Crippen LogP contribution < -0.4 is 10.3 Å². The number of nitrogens with zero attached hydrogens (tertiary/aromatic N) is 2. The zero-order valence-electron chi connectivity index (χ0n) is 10.8. The van der Waals surface area contributed by atoms with Gasteiger partial charge in [-0.1, -0.05) is 19.9 Å². The van der Waals surface area contributed by atoms with E-state index in [-0.39, 0.29) is 35.7 Å². The smallest absolute Gasteiger partial charge is 0.313 e. The van der Waals surface area contributed by atoms with Gasteiger partial charge >= 0.3 is 5.97 Å². The van der Waals surface area contributed by atoms with Gasteiger partial charge in [0.1, 0.15) is 5.65 Å². The van der Waals surface area contributed by atoms with Gasteiger partial charge in [0.2, 0.25) is 5.88 Å². The minimum absolute atomic E-state index is 0.131. The average molecular weight is 258 g/mol. The molecule has 19 heavy (non-hydrogen) atoms. The molecule has 0 bridgehead atoms. The van der Waals surface area contributed by atoms with E-state index in [9.17, 15) is 9.59 Å². The summed E-state index contributed by atoms with van der Waals surface area (Å²) in [5.41, 5.74) is 0.855. The zero-order valence-corrected chi connectivity index (χ0v) is 10.8. The molecule has 0 radical (unpaired) electrons. The maximum Gasteiger partial charge on any atom is 0.313 e. The maximum absolute atomic E-state index is 12.5. The van der Waals surface area contributed by atoms with E-state index >= 15 is 0 Å².